The Morgan fingerprint density at radius 3 is 2.65 bits per heavy atom. The second kappa shape index (κ2) is 5.77. The van der Waals surface area contributed by atoms with Crippen LogP contribution >= 0.6 is 0 Å². The highest BCUT2D eigenvalue weighted by atomic mass is 16.7. The van der Waals surface area contributed by atoms with E-state index in [2.05, 4.69) is 24.7 Å². The summed E-state index contributed by atoms with van der Waals surface area (Å²) in [6.45, 7) is 0.826. The van der Waals surface area contributed by atoms with Gasteiger partial charge in [0.2, 0.25) is 0 Å². The van der Waals surface area contributed by atoms with E-state index < -0.39 is 30.7 Å². The summed E-state index contributed by atoms with van der Waals surface area (Å²) in [4.78, 5) is 14.5. The smallest absolute Gasteiger partial charge is 0.186 e. The van der Waals surface area contributed by atoms with Crippen LogP contribution in [0.15, 0.2) is 18.9 Å². The van der Waals surface area contributed by atoms with E-state index in [9.17, 15) is 10.2 Å². The summed E-state index contributed by atoms with van der Waals surface area (Å²) in [5.74, 6) is 0. The fourth-order valence-electron chi connectivity index (χ4n) is 1.73. The molecule has 3 heterocycles. The summed E-state index contributed by atoms with van der Waals surface area (Å²) in [7, 11) is 0. The Morgan fingerprint density at radius 1 is 1.40 bits per heavy atom. The van der Waals surface area contributed by atoms with Gasteiger partial charge >= 0.3 is 0 Å². The van der Waals surface area contributed by atoms with Crippen LogP contribution in [0, 0.1) is 0 Å². The highest BCUT2D eigenvalue weighted by Crippen LogP contribution is 2.28. The van der Waals surface area contributed by atoms with E-state index in [0.29, 0.717) is 5.65 Å². The highest BCUT2D eigenvalue weighted by molar-refractivity contribution is 5.67. The van der Waals surface area contributed by atoms with Crippen molar-refractivity contribution in [2.75, 3.05) is 6.61 Å². The fraction of sp³-hybridized carbons (Fsp3) is 0.545. The molecule has 9 heteroatoms. The van der Waals surface area contributed by atoms with Crippen LogP contribution in [0.25, 0.3) is 11.2 Å². The molecule has 1 aliphatic heterocycles. The first-order chi connectivity index (χ1) is 9.46. The van der Waals surface area contributed by atoms with Gasteiger partial charge in [-0.3, -0.25) is 0 Å². The van der Waals surface area contributed by atoms with Crippen molar-refractivity contribution in [2.45, 2.75) is 31.0 Å². The minimum atomic E-state index is -1.69. The second-order valence-corrected chi connectivity index (χ2v) is 4.54. The van der Waals surface area contributed by atoms with Crippen molar-refractivity contribution < 1.29 is 25.2 Å². The Hall–Kier alpha value is -1.65. The molecule has 5 N–H and O–H groups in total. The van der Waals surface area contributed by atoms with Gasteiger partial charge in [-0.15, -0.1) is 0 Å². The SMILES string of the molecule is C[C@]1(O)C(O)O[C@H](CO)[C@H]1O.c1ncc2[nH]cnc2n1. The summed E-state index contributed by atoms with van der Waals surface area (Å²) in [6.07, 6.45) is 1.18. The van der Waals surface area contributed by atoms with Crippen LogP contribution in [0.2, 0.25) is 0 Å². The Balaban J connectivity index is 0.000000149. The Bertz CT molecular complexity index is 530. The number of aliphatic hydroxyl groups is 4. The van der Waals surface area contributed by atoms with Gasteiger partial charge in [0.15, 0.2) is 11.9 Å². The zero-order valence-corrected chi connectivity index (χ0v) is 10.7. The molecule has 0 radical (unpaired) electrons. The van der Waals surface area contributed by atoms with Crippen LogP contribution < -0.4 is 0 Å². The van der Waals surface area contributed by atoms with E-state index in [1.807, 2.05) is 0 Å². The molecule has 110 valence electrons. The van der Waals surface area contributed by atoms with Gasteiger partial charge < -0.3 is 30.1 Å². The molecule has 0 spiro atoms. The molecular weight excluding hydrogens is 268 g/mol. The number of hydrogen-bond acceptors (Lipinski definition) is 8. The topological polar surface area (TPSA) is 145 Å². The number of aromatic nitrogens is 4. The van der Waals surface area contributed by atoms with Crippen LogP contribution in [0.4, 0.5) is 0 Å². The average molecular weight is 284 g/mol. The largest absolute Gasteiger partial charge is 0.394 e. The van der Waals surface area contributed by atoms with Crippen LogP contribution in [0.3, 0.4) is 0 Å². The molecule has 4 atom stereocenters. The third-order valence-electron chi connectivity index (χ3n) is 3.03. The van der Waals surface area contributed by atoms with Gasteiger partial charge in [0.1, 0.15) is 29.7 Å². The van der Waals surface area contributed by atoms with Crippen LogP contribution in [0.5, 0.6) is 0 Å². The molecule has 0 aromatic carbocycles. The molecular formula is C11H16N4O5. The molecule has 9 nitrogen and oxygen atoms in total. The number of nitrogens with zero attached hydrogens (tertiary/aromatic N) is 3. The molecule has 0 amide bonds. The number of aromatic amines is 1. The standard InChI is InChI=1S/C6H12O5.C5H4N4/c1-6(10)4(8)3(2-7)11-5(6)9;1-4-5(8-2-6-1)9-3-7-4/h3-5,7-10H,2H2,1H3;1-3H,(H,6,7,8,9)/t3-,4-,5?,6-;/m1./s1. The number of ether oxygens (including phenoxy) is 1. The molecule has 0 aliphatic carbocycles. The van der Waals surface area contributed by atoms with Gasteiger partial charge in [0.05, 0.1) is 19.1 Å². The maximum Gasteiger partial charge on any atom is 0.186 e. The zero-order valence-electron chi connectivity index (χ0n) is 10.7. The van der Waals surface area contributed by atoms with Crippen molar-refractivity contribution in [3.05, 3.63) is 18.9 Å². The van der Waals surface area contributed by atoms with Crippen molar-refractivity contribution in [3.8, 4) is 0 Å². The Kier molecular flexibility index (Phi) is 4.26. The maximum atomic E-state index is 9.30. The molecule has 2 aromatic heterocycles. The summed E-state index contributed by atoms with van der Waals surface area (Å²) in [5.41, 5.74) is -0.101. The predicted octanol–water partition coefficient (Wildman–Crippen LogP) is -1.84. The molecule has 3 rings (SSSR count). The molecule has 1 fully saturated rings. The van der Waals surface area contributed by atoms with Crippen molar-refractivity contribution in [1.29, 1.82) is 0 Å². The van der Waals surface area contributed by atoms with Gasteiger partial charge in [-0.1, -0.05) is 0 Å². The van der Waals surface area contributed by atoms with Crippen molar-refractivity contribution in [1.82, 2.24) is 19.9 Å². The van der Waals surface area contributed by atoms with E-state index >= 15 is 0 Å². The second-order valence-electron chi connectivity index (χ2n) is 4.54. The first kappa shape index (κ1) is 14.8. The van der Waals surface area contributed by atoms with Crippen LogP contribution in [-0.4, -0.2) is 71.1 Å². The lowest BCUT2D eigenvalue weighted by atomic mass is 9.98. The first-order valence-corrected chi connectivity index (χ1v) is 5.90. The Morgan fingerprint density at radius 2 is 2.15 bits per heavy atom. The molecule has 1 unspecified atom stereocenters. The van der Waals surface area contributed by atoms with E-state index in [1.165, 1.54) is 13.3 Å². The van der Waals surface area contributed by atoms with Crippen LogP contribution in [0.1, 0.15) is 6.92 Å². The third kappa shape index (κ3) is 2.76. The van der Waals surface area contributed by atoms with Gasteiger partial charge in [0.25, 0.3) is 0 Å². The summed E-state index contributed by atoms with van der Waals surface area (Å²) < 4.78 is 4.64. The summed E-state index contributed by atoms with van der Waals surface area (Å²) >= 11 is 0. The summed E-state index contributed by atoms with van der Waals surface area (Å²) in [6, 6.07) is 0. The van der Waals surface area contributed by atoms with Gasteiger partial charge in [-0.2, -0.15) is 0 Å². The minimum absolute atomic E-state index is 0.422. The quantitative estimate of drug-likeness (QED) is 0.411. The summed E-state index contributed by atoms with van der Waals surface area (Å²) in [5, 5.41) is 36.1. The lowest BCUT2D eigenvalue weighted by Gasteiger charge is -2.22. The number of aliphatic hydroxyl groups excluding tert-OH is 3. The number of H-pyrrole nitrogens is 1. The average Bonchev–Trinajstić information content (AvgIpc) is 2.98. The molecule has 0 bridgehead atoms. The lowest BCUT2D eigenvalue weighted by Crippen LogP contribution is -2.45. The van der Waals surface area contributed by atoms with Gasteiger partial charge in [-0.05, 0) is 6.92 Å². The number of fused-ring (bicyclic) bond motifs is 1. The number of rotatable bonds is 1. The first-order valence-electron chi connectivity index (χ1n) is 5.90. The predicted molar refractivity (Wildman–Crippen MR) is 66.3 cm³/mol. The number of imidazole rings is 1. The minimum Gasteiger partial charge on any atom is -0.394 e. The van der Waals surface area contributed by atoms with Crippen molar-refractivity contribution in [2.24, 2.45) is 0 Å². The van der Waals surface area contributed by atoms with E-state index in [1.54, 1.807) is 12.5 Å². The van der Waals surface area contributed by atoms with E-state index in [4.69, 9.17) is 10.2 Å². The van der Waals surface area contributed by atoms with Crippen molar-refractivity contribution in [3.63, 3.8) is 0 Å². The molecule has 20 heavy (non-hydrogen) atoms. The number of hydrogen-bond donors (Lipinski definition) is 5. The lowest BCUT2D eigenvalue weighted by molar-refractivity contribution is -0.169. The molecule has 2 aromatic rings. The van der Waals surface area contributed by atoms with E-state index in [-0.39, 0.29) is 0 Å². The van der Waals surface area contributed by atoms with Gasteiger partial charge in [0, 0.05) is 0 Å². The zero-order chi connectivity index (χ0) is 14.8. The van der Waals surface area contributed by atoms with Crippen molar-refractivity contribution >= 4 is 11.2 Å². The van der Waals surface area contributed by atoms with Gasteiger partial charge in [-0.25, -0.2) is 15.0 Å². The monoisotopic (exact) mass is 284 g/mol. The molecule has 1 aliphatic rings. The normalized spacial score (nSPS) is 33.0. The fourth-order valence-corrected chi connectivity index (χ4v) is 1.73. The molecule has 1 saturated heterocycles. The Labute approximate surface area is 113 Å². The van der Waals surface area contributed by atoms with Crippen LogP contribution in [-0.2, 0) is 4.74 Å². The maximum absolute atomic E-state index is 9.30. The van der Waals surface area contributed by atoms with E-state index in [0.717, 1.165) is 5.52 Å². The molecule has 0 saturated carbocycles. The third-order valence-corrected chi connectivity index (χ3v) is 3.03. The highest BCUT2D eigenvalue weighted by Gasteiger charge is 2.51. The number of nitrogens with one attached hydrogen (secondary N) is 1.